The lowest BCUT2D eigenvalue weighted by Crippen LogP contribution is -2.13. The van der Waals surface area contributed by atoms with Gasteiger partial charge in [0.1, 0.15) is 0 Å². The largest absolute Gasteiger partial charge is 0.273 e. The van der Waals surface area contributed by atoms with Gasteiger partial charge in [0, 0.05) is 13.6 Å². The Balaban J connectivity index is 2.55. The van der Waals surface area contributed by atoms with Gasteiger partial charge in [-0.15, -0.1) is 0 Å². The molecule has 1 heterocycles. The molecule has 0 amide bonds. The zero-order valence-electron chi connectivity index (χ0n) is 8.18. The SMILES string of the molecule is NS(=O)(=O)c1nc(-c2cc(I)ccc2Br)n[nH]1. The van der Waals surface area contributed by atoms with Crippen molar-refractivity contribution in [2.24, 2.45) is 5.14 Å². The summed E-state index contributed by atoms with van der Waals surface area (Å²) in [5, 5.41) is 10.7. The topological polar surface area (TPSA) is 102 Å². The third-order valence-electron chi connectivity index (χ3n) is 1.90. The number of benzene rings is 1. The number of primary sulfonamides is 1. The fourth-order valence-corrected chi connectivity index (χ4v) is 2.47. The Labute approximate surface area is 119 Å². The number of halogens is 2. The second-order valence-corrected chi connectivity index (χ2v) is 6.71. The van der Waals surface area contributed by atoms with E-state index in [1.54, 1.807) is 0 Å². The first kappa shape index (κ1) is 12.9. The van der Waals surface area contributed by atoms with Gasteiger partial charge >= 0.3 is 0 Å². The van der Waals surface area contributed by atoms with Crippen LogP contribution in [0.4, 0.5) is 0 Å². The Morgan fingerprint density at radius 1 is 1.41 bits per heavy atom. The van der Waals surface area contributed by atoms with E-state index >= 15 is 0 Å². The molecule has 0 fully saturated rings. The first-order valence-corrected chi connectivity index (χ1v) is 7.70. The maximum Gasteiger partial charge on any atom is 0.273 e. The smallest absolute Gasteiger partial charge is 0.248 e. The van der Waals surface area contributed by atoms with E-state index in [2.05, 4.69) is 53.7 Å². The molecule has 6 nitrogen and oxygen atoms in total. The highest BCUT2D eigenvalue weighted by Gasteiger charge is 2.16. The molecule has 0 bridgehead atoms. The molecule has 0 saturated carbocycles. The standard InChI is InChI=1S/C8H6BrIN4O2S/c9-6-2-1-4(10)3-5(6)7-12-8(14-13-7)17(11,15)16/h1-3H,(H2,11,15,16)(H,12,13,14). The number of sulfonamides is 1. The van der Waals surface area contributed by atoms with Crippen molar-refractivity contribution >= 4 is 48.5 Å². The summed E-state index contributed by atoms with van der Waals surface area (Å²) in [4.78, 5) is 3.84. The number of hydrogen-bond donors (Lipinski definition) is 2. The highest BCUT2D eigenvalue weighted by atomic mass is 127. The van der Waals surface area contributed by atoms with Gasteiger partial charge in [-0.05, 0) is 40.8 Å². The molecule has 2 aromatic rings. The number of aromatic amines is 1. The van der Waals surface area contributed by atoms with Gasteiger partial charge in [-0.1, -0.05) is 15.9 Å². The Morgan fingerprint density at radius 2 is 2.12 bits per heavy atom. The molecule has 0 saturated heterocycles. The number of H-pyrrole nitrogens is 1. The van der Waals surface area contributed by atoms with E-state index in [1.165, 1.54) is 0 Å². The lowest BCUT2D eigenvalue weighted by molar-refractivity contribution is 0.589. The summed E-state index contributed by atoms with van der Waals surface area (Å²) >= 11 is 5.49. The molecule has 90 valence electrons. The van der Waals surface area contributed by atoms with Crippen molar-refractivity contribution in [3.63, 3.8) is 0 Å². The normalized spacial score (nSPS) is 11.7. The van der Waals surface area contributed by atoms with Crippen LogP contribution in [0.3, 0.4) is 0 Å². The number of nitrogens with two attached hydrogens (primary N) is 1. The van der Waals surface area contributed by atoms with Crippen LogP contribution in [0, 0.1) is 3.57 Å². The highest BCUT2D eigenvalue weighted by molar-refractivity contribution is 14.1. The maximum absolute atomic E-state index is 11.1. The molecule has 1 aromatic carbocycles. The molecule has 3 N–H and O–H groups in total. The van der Waals surface area contributed by atoms with Gasteiger partial charge in [0.2, 0.25) is 0 Å². The van der Waals surface area contributed by atoms with E-state index in [0.717, 1.165) is 8.04 Å². The molecule has 0 atom stereocenters. The number of aromatic nitrogens is 3. The van der Waals surface area contributed by atoms with Crippen LogP contribution >= 0.6 is 38.5 Å². The minimum Gasteiger partial charge on any atom is -0.248 e. The molecule has 0 aliphatic rings. The van der Waals surface area contributed by atoms with Gasteiger partial charge in [0.15, 0.2) is 5.82 Å². The van der Waals surface area contributed by atoms with Crippen LogP contribution in [-0.4, -0.2) is 23.6 Å². The van der Waals surface area contributed by atoms with Gasteiger partial charge in [-0.3, -0.25) is 0 Å². The highest BCUT2D eigenvalue weighted by Crippen LogP contribution is 2.27. The van der Waals surface area contributed by atoms with Gasteiger partial charge in [0.25, 0.3) is 15.2 Å². The van der Waals surface area contributed by atoms with Crippen LogP contribution < -0.4 is 5.14 Å². The second-order valence-electron chi connectivity index (χ2n) is 3.13. The summed E-state index contributed by atoms with van der Waals surface area (Å²) in [5.74, 6) is 0.277. The Kier molecular flexibility index (Phi) is 3.52. The van der Waals surface area contributed by atoms with Crippen LogP contribution in [-0.2, 0) is 10.0 Å². The van der Waals surface area contributed by atoms with Gasteiger partial charge in [0.05, 0.1) is 0 Å². The van der Waals surface area contributed by atoms with Gasteiger partial charge in [-0.2, -0.15) is 10.1 Å². The molecule has 17 heavy (non-hydrogen) atoms. The molecule has 0 radical (unpaired) electrons. The number of nitrogens with zero attached hydrogens (tertiary/aromatic N) is 2. The van der Waals surface area contributed by atoms with Crippen molar-refractivity contribution < 1.29 is 8.42 Å². The van der Waals surface area contributed by atoms with E-state index in [-0.39, 0.29) is 11.0 Å². The summed E-state index contributed by atoms with van der Waals surface area (Å²) in [6.45, 7) is 0. The summed E-state index contributed by atoms with van der Waals surface area (Å²) in [6.07, 6.45) is 0. The maximum atomic E-state index is 11.1. The van der Waals surface area contributed by atoms with Crippen LogP contribution in [0.25, 0.3) is 11.4 Å². The Hall–Kier alpha value is -0.520. The van der Waals surface area contributed by atoms with Gasteiger partial charge < -0.3 is 0 Å². The zero-order chi connectivity index (χ0) is 12.6. The lowest BCUT2D eigenvalue weighted by atomic mass is 10.2. The van der Waals surface area contributed by atoms with E-state index in [9.17, 15) is 8.42 Å². The predicted molar refractivity (Wildman–Crippen MR) is 73.6 cm³/mol. The summed E-state index contributed by atoms with van der Waals surface area (Å²) in [5.41, 5.74) is 0.697. The Bertz CT molecular complexity index is 670. The molecule has 0 aliphatic carbocycles. The van der Waals surface area contributed by atoms with Crippen LogP contribution in [0.5, 0.6) is 0 Å². The molecular weight excluding hydrogens is 423 g/mol. The summed E-state index contributed by atoms with van der Waals surface area (Å²) < 4.78 is 23.9. The number of nitrogens with one attached hydrogen (secondary N) is 1. The second kappa shape index (κ2) is 4.63. The molecule has 2 rings (SSSR count). The third kappa shape index (κ3) is 2.84. The molecule has 9 heteroatoms. The minimum atomic E-state index is -3.86. The Morgan fingerprint density at radius 3 is 2.71 bits per heavy atom. The van der Waals surface area contributed by atoms with Crippen molar-refractivity contribution in [3.8, 4) is 11.4 Å². The molecule has 0 spiro atoms. The average molecular weight is 429 g/mol. The average Bonchev–Trinajstić information content (AvgIpc) is 2.70. The molecule has 1 aromatic heterocycles. The van der Waals surface area contributed by atoms with Crippen molar-refractivity contribution in [1.82, 2.24) is 15.2 Å². The van der Waals surface area contributed by atoms with Crippen LogP contribution in [0.1, 0.15) is 0 Å². The van der Waals surface area contributed by atoms with Gasteiger partial charge in [-0.25, -0.2) is 18.7 Å². The first-order chi connectivity index (χ1) is 7.88. The van der Waals surface area contributed by atoms with Crippen molar-refractivity contribution in [2.75, 3.05) is 0 Å². The lowest BCUT2D eigenvalue weighted by Gasteiger charge is -1.99. The van der Waals surface area contributed by atoms with E-state index in [1.807, 2.05) is 18.2 Å². The molecular formula is C8H6BrIN4O2S. The van der Waals surface area contributed by atoms with Crippen molar-refractivity contribution in [1.29, 1.82) is 0 Å². The van der Waals surface area contributed by atoms with Crippen LogP contribution in [0.2, 0.25) is 0 Å². The zero-order valence-corrected chi connectivity index (χ0v) is 12.7. The summed E-state index contributed by atoms with van der Waals surface area (Å²) in [6, 6.07) is 5.58. The quantitative estimate of drug-likeness (QED) is 0.707. The number of rotatable bonds is 2. The van der Waals surface area contributed by atoms with E-state index in [4.69, 9.17) is 5.14 Å². The minimum absolute atomic E-state index is 0.277. The fourth-order valence-electron chi connectivity index (χ4n) is 1.16. The first-order valence-electron chi connectivity index (χ1n) is 4.28. The third-order valence-corrected chi connectivity index (χ3v) is 3.99. The monoisotopic (exact) mass is 428 g/mol. The fraction of sp³-hybridized carbons (Fsp3) is 0. The molecule has 0 unspecified atom stereocenters. The predicted octanol–water partition coefficient (Wildman–Crippen LogP) is 1.49. The van der Waals surface area contributed by atoms with Crippen molar-refractivity contribution in [3.05, 3.63) is 26.2 Å². The summed E-state index contributed by atoms with van der Waals surface area (Å²) in [7, 11) is -3.86. The number of hydrogen-bond acceptors (Lipinski definition) is 4. The van der Waals surface area contributed by atoms with Crippen molar-refractivity contribution in [2.45, 2.75) is 5.16 Å². The van der Waals surface area contributed by atoms with Crippen LogP contribution in [0.15, 0.2) is 27.8 Å². The van der Waals surface area contributed by atoms with E-state index in [0.29, 0.717) is 5.56 Å². The molecule has 0 aliphatic heterocycles. The van der Waals surface area contributed by atoms with E-state index < -0.39 is 10.0 Å².